The van der Waals surface area contributed by atoms with E-state index in [2.05, 4.69) is 26.1 Å². The first-order valence-corrected chi connectivity index (χ1v) is 9.63. The van der Waals surface area contributed by atoms with E-state index in [-0.39, 0.29) is 6.79 Å². The number of nitrogens with zero attached hydrogens (tertiary/aromatic N) is 4. The molecule has 0 saturated carbocycles. The second-order valence-electron chi connectivity index (χ2n) is 7.00. The maximum absolute atomic E-state index is 5.89. The molecule has 0 spiro atoms. The summed E-state index contributed by atoms with van der Waals surface area (Å²) in [6.45, 7) is 4.55. The molecule has 29 heavy (non-hydrogen) atoms. The Morgan fingerprint density at radius 3 is 2.66 bits per heavy atom. The van der Waals surface area contributed by atoms with E-state index in [1.807, 2.05) is 36.4 Å². The molecule has 5 rings (SSSR count). The third kappa shape index (κ3) is 3.58. The second-order valence-corrected chi connectivity index (χ2v) is 7.00. The predicted octanol–water partition coefficient (Wildman–Crippen LogP) is 2.80. The lowest BCUT2D eigenvalue weighted by atomic mass is 10.2. The van der Waals surface area contributed by atoms with Gasteiger partial charge in [-0.1, -0.05) is 12.1 Å². The molecule has 0 unspecified atom stereocenters. The number of para-hydroxylation sites is 2. The number of piperazine rings is 1. The third-order valence-corrected chi connectivity index (χ3v) is 5.24. The van der Waals surface area contributed by atoms with Gasteiger partial charge in [0.1, 0.15) is 5.75 Å². The molecule has 2 aliphatic rings. The van der Waals surface area contributed by atoms with Gasteiger partial charge in [-0.2, -0.15) is 0 Å². The largest absolute Gasteiger partial charge is 0.495 e. The van der Waals surface area contributed by atoms with Crippen molar-refractivity contribution in [1.82, 2.24) is 15.1 Å². The topological polar surface area (TPSA) is 73.1 Å². The number of hydrogen-bond donors (Lipinski definition) is 0. The van der Waals surface area contributed by atoms with Crippen molar-refractivity contribution in [3.63, 3.8) is 0 Å². The van der Waals surface area contributed by atoms with Crippen molar-refractivity contribution in [3.05, 3.63) is 48.4 Å². The summed E-state index contributed by atoms with van der Waals surface area (Å²) in [5.41, 5.74) is 1.96. The summed E-state index contributed by atoms with van der Waals surface area (Å²) in [6, 6.07) is 13.8. The van der Waals surface area contributed by atoms with Crippen LogP contribution in [0.25, 0.3) is 11.5 Å². The Morgan fingerprint density at radius 2 is 1.79 bits per heavy atom. The van der Waals surface area contributed by atoms with Crippen molar-refractivity contribution < 1.29 is 18.6 Å². The first kappa shape index (κ1) is 17.8. The Kier molecular flexibility index (Phi) is 4.69. The molecule has 8 heteroatoms. The van der Waals surface area contributed by atoms with Crippen molar-refractivity contribution in [2.45, 2.75) is 6.54 Å². The van der Waals surface area contributed by atoms with Crippen LogP contribution >= 0.6 is 0 Å². The number of methoxy groups -OCH3 is 1. The maximum Gasteiger partial charge on any atom is 0.247 e. The van der Waals surface area contributed by atoms with Crippen molar-refractivity contribution in [2.75, 3.05) is 45.0 Å². The van der Waals surface area contributed by atoms with Crippen LogP contribution in [0, 0.1) is 0 Å². The number of ether oxygens (including phenoxy) is 3. The fourth-order valence-corrected chi connectivity index (χ4v) is 3.69. The fraction of sp³-hybridized carbons (Fsp3) is 0.333. The molecule has 0 amide bonds. The van der Waals surface area contributed by atoms with Crippen LogP contribution in [0.3, 0.4) is 0 Å². The van der Waals surface area contributed by atoms with Crippen LogP contribution in [0.1, 0.15) is 5.89 Å². The molecule has 8 nitrogen and oxygen atoms in total. The Balaban J connectivity index is 1.21. The quantitative estimate of drug-likeness (QED) is 0.654. The van der Waals surface area contributed by atoms with Crippen LogP contribution in [0.2, 0.25) is 0 Å². The molecule has 0 bridgehead atoms. The highest BCUT2D eigenvalue weighted by atomic mass is 16.7. The molecule has 0 aliphatic carbocycles. The Bertz CT molecular complexity index is 998. The molecule has 2 aromatic carbocycles. The molecule has 0 atom stereocenters. The van der Waals surface area contributed by atoms with Gasteiger partial charge in [-0.15, -0.1) is 10.2 Å². The van der Waals surface area contributed by atoms with Gasteiger partial charge in [-0.05, 0) is 30.3 Å². The van der Waals surface area contributed by atoms with E-state index >= 15 is 0 Å². The molecule has 0 N–H and O–H groups in total. The Morgan fingerprint density at radius 1 is 0.966 bits per heavy atom. The van der Waals surface area contributed by atoms with Gasteiger partial charge in [-0.3, -0.25) is 4.90 Å². The average molecular weight is 394 g/mol. The first-order chi connectivity index (χ1) is 14.3. The van der Waals surface area contributed by atoms with Crippen molar-refractivity contribution in [1.29, 1.82) is 0 Å². The van der Waals surface area contributed by atoms with Crippen molar-refractivity contribution in [3.8, 4) is 28.7 Å². The average Bonchev–Trinajstić information content (AvgIpc) is 3.43. The summed E-state index contributed by atoms with van der Waals surface area (Å²) >= 11 is 0. The summed E-state index contributed by atoms with van der Waals surface area (Å²) < 4.78 is 22.1. The normalized spacial score (nSPS) is 16.2. The van der Waals surface area contributed by atoms with Crippen molar-refractivity contribution >= 4 is 5.69 Å². The lowest BCUT2D eigenvalue weighted by Crippen LogP contribution is -2.46. The molecule has 1 aromatic heterocycles. The van der Waals surface area contributed by atoms with Gasteiger partial charge < -0.3 is 23.5 Å². The first-order valence-electron chi connectivity index (χ1n) is 9.63. The maximum atomic E-state index is 5.89. The van der Waals surface area contributed by atoms with Crippen molar-refractivity contribution in [2.24, 2.45) is 0 Å². The molecule has 1 saturated heterocycles. The van der Waals surface area contributed by atoms with E-state index in [4.69, 9.17) is 18.6 Å². The highest BCUT2D eigenvalue weighted by Crippen LogP contribution is 2.35. The van der Waals surface area contributed by atoms with Gasteiger partial charge in [0.05, 0.1) is 19.3 Å². The zero-order valence-electron chi connectivity index (χ0n) is 16.2. The third-order valence-electron chi connectivity index (χ3n) is 5.24. The number of rotatable bonds is 5. The molecule has 3 heterocycles. The van der Waals surface area contributed by atoms with E-state index in [1.54, 1.807) is 7.11 Å². The van der Waals surface area contributed by atoms with E-state index in [0.717, 1.165) is 48.9 Å². The molecular formula is C21H22N4O4. The summed E-state index contributed by atoms with van der Waals surface area (Å²) in [5.74, 6) is 3.46. The van der Waals surface area contributed by atoms with Gasteiger partial charge in [0.25, 0.3) is 0 Å². The van der Waals surface area contributed by atoms with Crippen LogP contribution in [0.5, 0.6) is 17.2 Å². The van der Waals surface area contributed by atoms with Gasteiger partial charge in [0.15, 0.2) is 11.5 Å². The number of anilines is 1. The minimum atomic E-state index is 0.245. The Labute approximate surface area is 168 Å². The standard InChI is InChI=1S/C21H22N4O4/c1-26-17-5-3-2-4-16(17)25-10-8-24(9-11-25)13-20-22-23-21(29-20)15-6-7-18-19(12-15)28-14-27-18/h2-7,12H,8-11,13-14H2,1H3. The monoisotopic (exact) mass is 394 g/mol. The number of aromatic nitrogens is 2. The summed E-state index contributed by atoms with van der Waals surface area (Å²) in [7, 11) is 1.71. The Hall–Kier alpha value is -3.26. The van der Waals surface area contributed by atoms with E-state index in [0.29, 0.717) is 24.1 Å². The number of benzene rings is 2. The fourth-order valence-electron chi connectivity index (χ4n) is 3.69. The molecule has 1 fully saturated rings. The summed E-state index contributed by atoms with van der Waals surface area (Å²) in [5, 5.41) is 8.42. The van der Waals surface area contributed by atoms with Gasteiger partial charge in [0.2, 0.25) is 18.6 Å². The van der Waals surface area contributed by atoms with Crippen LogP contribution in [0.15, 0.2) is 46.9 Å². The minimum Gasteiger partial charge on any atom is -0.495 e. The minimum absolute atomic E-state index is 0.245. The van der Waals surface area contributed by atoms with Crippen LogP contribution in [0.4, 0.5) is 5.69 Å². The molecular weight excluding hydrogens is 372 g/mol. The van der Waals surface area contributed by atoms with E-state index in [9.17, 15) is 0 Å². The highest BCUT2D eigenvalue weighted by Gasteiger charge is 2.22. The summed E-state index contributed by atoms with van der Waals surface area (Å²) in [6.07, 6.45) is 0. The van der Waals surface area contributed by atoms with Gasteiger partial charge in [-0.25, -0.2) is 0 Å². The molecule has 0 radical (unpaired) electrons. The van der Waals surface area contributed by atoms with E-state index < -0.39 is 0 Å². The number of hydrogen-bond acceptors (Lipinski definition) is 8. The lowest BCUT2D eigenvalue weighted by molar-refractivity contribution is 0.174. The van der Waals surface area contributed by atoms with Crippen LogP contribution < -0.4 is 19.1 Å². The summed E-state index contributed by atoms with van der Waals surface area (Å²) in [4.78, 5) is 4.67. The van der Waals surface area contributed by atoms with E-state index in [1.165, 1.54) is 0 Å². The lowest BCUT2D eigenvalue weighted by Gasteiger charge is -2.35. The predicted molar refractivity (Wildman–Crippen MR) is 106 cm³/mol. The molecule has 150 valence electrons. The van der Waals surface area contributed by atoms with Gasteiger partial charge in [0, 0.05) is 31.7 Å². The number of fused-ring (bicyclic) bond motifs is 1. The SMILES string of the molecule is COc1ccccc1N1CCN(Cc2nnc(-c3ccc4c(c3)OCO4)o2)CC1. The molecule has 3 aromatic rings. The van der Waals surface area contributed by atoms with Gasteiger partial charge >= 0.3 is 0 Å². The zero-order chi connectivity index (χ0) is 19.6. The zero-order valence-corrected chi connectivity index (χ0v) is 16.2. The van der Waals surface area contributed by atoms with Crippen LogP contribution in [-0.2, 0) is 6.54 Å². The highest BCUT2D eigenvalue weighted by molar-refractivity contribution is 5.60. The smallest absolute Gasteiger partial charge is 0.247 e. The molecule has 2 aliphatic heterocycles. The van der Waals surface area contributed by atoms with Crippen LogP contribution in [-0.4, -0.2) is 55.2 Å². The second kappa shape index (κ2) is 7.63.